The van der Waals surface area contributed by atoms with Crippen molar-refractivity contribution < 1.29 is 4.39 Å². The highest BCUT2D eigenvalue weighted by Gasteiger charge is 1.96. The Bertz CT molecular complexity index is 429. The summed E-state index contributed by atoms with van der Waals surface area (Å²) in [6, 6.07) is 1.28. The Morgan fingerprint density at radius 3 is 3.06 bits per heavy atom. The first-order chi connectivity index (χ1) is 7.84. The molecule has 0 radical (unpaired) electrons. The Balaban J connectivity index is 1.72. The molecule has 1 N–H and O–H groups in total. The average molecular weight is 221 g/mol. The molecule has 0 amide bonds. The van der Waals surface area contributed by atoms with Crippen LogP contribution in [-0.2, 0) is 6.54 Å². The van der Waals surface area contributed by atoms with Crippen molar-refractivity contribution in [1.29, 1.82) is 0 Å². The number of halogens is 1. The zero-order valence-electron chi connectivity index (χ0n) is 8.67. The van der Waals surface area contributed by atoms with E-state index in [9.17, 15) is 4.39 Å². The van der Waals surface area contributed by atoms with E-state index in [0.717, 1.165) is 19.5 Å². The van der Waals surface area contributed by atoms with Crippen LogP contribution in [0.4, 0.5) is 10.2 Å². The van der Waals surface area contributed by atoms with Gasteiger partial charge in [0.25, 0.3) is 0 Å². The standard InChI is InChI=1S/C10H12FN5/c11-9-6-10(15-7-14-9)13-2-1-4-16-5-3-12-8-16/h3,5-8H,1-2,4H2,(H,13,14,15). The lowest BCUT2D eigenvalue weighted by Crippen LogP contribution is -2.07. The van der Waals surface area contributed by atoms with Crippen LogP contribution >= 0.6 is 0 Å². The third kappa shape index (κ3) is 3.01. The highest BCUT2D eigenvalue weighted by molar-refractivity contribution is 5.31. The van der Waals surface area contributed by atoms with Gasteiger partial charge in [-0.05, 0) is 6.42 Å². The smallest absolute Gasteiger partial charge is 0.217 e. The molecule has 2 aromatic rings. The van der Waals surface area contributed by atoms with Crippen LogP contribution < -0.4 is 5.32 Å². The zero-order valence-corrected chi connectivity index (χ0v) is 8.67. The fourth-order valence-corrected chi connectivity index (χ4v) is 1.33. The van der Waals surface area contributed by atoms with Gasteiger partial charge in [0.05, 0.1) is 6.33 Å². The lowest BCUT2D eigenvalue weighted by Gasteiger charge is -2.05. The maximum Gasteiger partial charge on any atom is 0.217 e. The van der Waals surface area contributed by atoms with E-state index >= 15 is 0 Å². The van der Waals surface area contributed by atoms with Crippen molar-refractivity contribution in [2.75, 3.05) is 11.9 Å². The van der Waals surface area contributed by atoms with E-state index in [1.54, 1.807) is 12.5 Å². The summed E-state index contributed by atoms with van der Waals surface area (Å²) in [5, 5.41) is 3.02. The summed E-state index contributed by atoms with van der Waals surface area (Å²) in [6.07, 6.45) is 7.54. The molecule has 0 spiro atoms. The van der Waals surface area contributed by atoms with Crippen molar-refractivity contribution in [2.45, 2.75) is 13.0 Å². The molecule has 0 atom stereocenters. The molecule has 0 unspecified atom stereocenters. The van der Waals surface area contributed by atoms with E-state index in [1.165, 1.54) is 12.4 Å². The van der Waals surface area contributed by atoms with Crippen LogP contribution in [0.1, 0.15) is 6.42 Å². The van der Waals surface area contributed by atoms with E-state index in [2.05, 4.69) is 20.3 Å². The summed E-state index contributed by atoms with van der Waals surface area (Å²) in [5.74, 6) is -0.00904. The number of nitrogens with one attached hydrogen (secondary N) is 1. The maximum atomic E-state index is 12.7. The maximum absolute atomic E-state index is 12.7. The summed E-state index contributed by atoms with van der Waals surface area (Å²) >= 11 is 0. The molecular weight excluding hydrogens is 209 g/mol. The van der Waals surface area contributed by atoms with E-state index in [4.69, 9.17) is 0 Å². The molecule has 0 aliphatic rings. The molecule has 5 nitrogen and oxygen atoms in total. The first kappa shape index (κ1) is 10.5. The van der Waals surface area contributed by atoms with Gasteiger partial charge in [-0.1, -0.05) is 0 Å². The molecule has 0 aliphatic carbocycles. The van der Waals surface area contributed by atoms with Crippen molar-refractivity contribution in [1.82, 2.24) is 19.5 Å². The van der Waals surface area contributed by atoms with Crippen LogP contribution in [-0.4, -0.2) is 26.1 Å². The molecule has 0 aliphatic heterocycles. The number of aryl methyl sites for hydroxylation is 1. The zero-order chi connectivity index (χ0) is 11.2. The summed E-state index contributed by atoms with van der Waals surface area (Å²) in [7, 11) is 0. The van der Waals surface area contributed by atoms with Crippen molar-refractivity contribution in [3.63, 3.8) is 0 Å². The normalized spacial score (nSPS) is 10.3. The second kappa shape index (κ2) is 5.20. The van der Waals surface area contributed by atoms with Gasteiger partial charge in [-0.2, -0.15) is 4.39 Å². The second-order valence-corrected chi connectivity index (χ2v) is 3.31. The highest BCUT2D eigenvalue weighted by atomic mass is 19.1. The molecule has 0 saturated heterocycles. The molecule has 0 bridgehead atoms. The minimum atomic E-state index is -0.521. The number of rotatable bonds is 5. The monoisotopic (exact) mass is 221 g/mol. The van der Waals surface area contributed by atoms with Gasteiger partial charge < -0.3 is 9.88 Å². The fraction of sp³-hybridized carbons (Fsp3) is 0.300. The topological polar surface area (TPSA) is 55.6 Å². The number of anilines is 1. The number of nitrogens with zero attached hydrogens (tertiary/aromatic N) is 4. The van der Waals surface area contributed by atoms with Crippen LogP contribution in [0.25, 0.3) is 0 Å². The third-order valence-electron chi connectivity index (χ3n) is 2.09. The first-order valence-electron chi connectivity index (χ1n) is 5.02. The van der Waals surface area contributed by atoms with Gasteiger partial charge in [-0.25, -0.2) is 15.0 Å². The van der Waals surface area contributed by atoms with E-state index in [-0.39, 0.29) is 0 Å². The predicted molar refractivity (Wildman–Crippen MR) is 57.3 cm³/mol. The molecule has 16 heavy (non-hydrogen) atoms. The van der Waals surface area contributed by atoms with Gasteiger partial charge in [-0.3, -0.25) is 0 Å². The minimum Gasteiger partial charge on any atom is -0.370 e. The molecular formula is C10H12FN5. The quantitative estimate of drug-likeness (QED) is 0.611. The SMILES string of the molecule is Fc1cc(NCCCn2ccnc2)ncn1. The number of aromatic nitrogens is 4. The van der Waals surface area contributed by atoms with Crippen LogP contribution in [0.5, 0.6) is 0 Å². The number of hydrogen-bond acceptors (Lipinski definition) is 4. The molecule has 2 heterocycles. The Kier molecular flexibility index (Phi) is 3.42. The van der Waals surface area contributed by atoms with Crippen LogP contribution in [0.15, 0.2) is 31.1 Å². The van der Waals surface area contributed by atoms with Gasteiger partial charge in [0.2, 0.25) is 5.95 Å². The Morgan fingerprint density at radius 2 is 2.31 bits per heavy atom. The van der Waals surface area contributed by atoms with Gasteiger partial charge in [0.1, 0.15) is 12.1 Å². The summed E-state index contributed by atoms with van der Waals surface area (Å²) in [4.78, 5) is 11.2. The Labute approximate surface area is 92.4 Å². The lowest BCUT2D eigenvalue weighted by molar-refractivity contribution is 0.579. The molecule has 2 aromatic heterocycles. The second-order valence-electron chi connectivity index (χ2n) is 3.31. The third-order valence-corrected chi connectivity index (χ3v) is 2.09. The van der Waals surface area contributed by atoms with Gasteiger partial charge >= 0.3 is 0 Å². The summed E-state index contributed by atoms with van der Waals surface area (Å²) in [5.41, 5.74) is 0. The molecule has 84 valence electrons. The van der Waals surface area contributed by atoms with Crippen LogP contribution in [0.3, 0.4) is 0 Å². The van der Waals surface area contributed by atoms with Crippen molar-refractivity contribution >= 4 is 5.82 Å². The lowest BCUT2D eigenvalue weighted by atomic mass is 10.4. The molecule has 2 rings (SSSR count). The van der Waals surface area contributed by atoms with Gasteiger partial charge in [0.15, 0.2) is 0 Å². The average Bonchev–Trinajstić information content (AvgIpc) is 2.77. The molecule has 6 heteroatoms. The highest BCUT2D eigenvalue weighted by Crippen LogP contribution is 2.02. The van der Waals surface area contributed by atoms with E-state index in [1.807, 2.05) is 10.8 Å². The first-order valence-corrected chi connectivity index (χ1v) is 5.02. The van der Waals surface area contributed by atoms with Gasteiger partial charge in [-0.15, -0.1) is 0 Å². The molecule has 0 saturated carbocycles. The van der Waals surface area contributed by atoms with Crippen molar-refractivity contribution in [3.05, 3.63) is 37.1 Å². The minimum absolute atomic E-state index is 0.512. The van der Waals surface area contributed by atoms with Gasteiger partial charge in [0, 0.05) is 31.5 Å². The predicted octanol–water partition coefficient (Wildman–Crippen LogP) is 1.31. The Hall–Kier alpha value is -1.98. The summed E-state index contributed by atoms with van der Waals surface area (Å²) < 4.78 is 14.7. The van der Waals surface area contributed by atoms with Crippen molar-refractivity contribution in [3.8, 4) is 0 Å². The van der Waals surface area contributed by atoms with Crippen LogP contribution in [0, 0.1) is 5.95 Å². The summed E-state index contributed by atoms with van der Waals surface area (Å²) in [6.45, 7) is 1.61. The fourth-order valence-electron chi connectivity index (χ4n) is 1.33. The van der Waals surface area contributed by atoms with E-state index < -0.39 is 5.95 Å². The molecule has 0 aromatic carbocycles. The molecule has 0 fully saturated rings. The Morgan fingerprint density at radius 1 is 1.38 bits per heavy atom. The largest absolute Gasteiger partial charge is 0.370 e. The number of imidazole rings is 1. The van der Waals surface area contributed by atoms with Crippen molar-refractivity contribution in [2.24, 2.45) is 0 Å². The van der Waals surface area contributed by atoms with Crippen LogP contribution in [0.2, 0.25) is 0 Å². The number of hydrogen-bond donors (Lipinski definition) is 1. The van der Waals surface area contributed by atoms with E-state index in [0.29, 0.717) is 5.82 Å².